The van der Waals surface area contributed by atoms with Gasteiger partial charge in [-0.05, 0) is 17.7 Å². The first-order valence-electron chi connectivity index (χ1n) is 8.72. The molecule has 6 nitrogen and oxygen atoms in total. The van der Waals surface area contributed by atoms with Gasteiger partial charge in [-0.1, -0.05) is 11.6 Å². The number of benzene rings is 1. The van der Waals surface area contributed by atoms with Crippen molar-refractivity contribution in [3.05, 3.63) is 40.9 Å². The number of rotatable bonds is 3. The lowest BCUT2D eigenvalue weighted by atomic mass is 10.1. The fourth-order valence-electron chi connectivity index (χ4n) is 3.50. The molecule has 1 aromatic carbocycles. The number of ether oxygens (including phenoxy) is 2. The Kier molecular flexibility index (Phi) is 6.29. The summed E-state index contributed by atoms with van der Waals surface area (Å²) < 4.78 is 13.6. The van der Waals surface area contributed by atoms with E-state index in [0.29, 0.717) is 24.0 Å². The molecule has 0 bridgehead atoms. The van der Waals surface area contributed by atoms with Crippen LogP contribution >= 0.6 is 24.0 Å². The number of fused-ring (bicyclic) bond motifs is 1. The highest BCUT2D eigenvalue weighted by molar-refractivity contribution is 6.32. The minimum atomic E-state index is 0. The fraction of sp³-hybridized carbons (Fsp3) is 0.500. The standard InChI is InChI=1S/C18H23ClN4O2.ClH/c1-22-5-4-21-18(22)15-11-20-3-6-23(15)12-13-9-14(19)17-16(10-13)24-7-2-8-25-17;/h4-5,9-10,15,20H,2-3,6-8,11-12H2,1H3;1H. The Morgan fingerprint density at radius 1 is 1.31 bits per heavy atom. The van der Waals surface area contributed by atoms with Crippen molar-refractivity contribution in [3.63, 3.8) is 0 Å². The minimum Gasteiger partial charge on any atom is -0.489 e. The summed E-state index contributed by atoms with van der Waals surface area (Å²) in [4.78, 5) is 6.98. The smallest absolute Gasteiger partial charge is 0.179 e. The van der Waals surface area contributed by atoms with Crippen LogP contribution in [0.4, 0.5) is 0 Å². The Morgan fingerprint density at radius 2 is 2.15 bits per heavy atom. The van der Waals surface area contributed by atoms with Crippen LogP contribution in [-0.2, 0) is 13.6 Å². The van der Waals surface area contributed by atoms with Gasteiger partial charge in [0.25, 0.3) is 0 Å². The lowest BCUT2D eigenvalue weighted by molar-refractivity contribution is 0.144. The molecule has 0 amide bonds. The molecule has 1 atom stereocenters. The molecular formula is C18H24Cl2N4O2. The van der Waals surface area contributed by atoms with Crippen molar-refractivity contribution in [1.29, 1.82) is 0 Å². The Labute approximate surface area is 164 Å². The molecule has 2 aromatic rings. The lowest BCUT2D eigenvalue weighted by Crippen LogP contribution is -2.46. The van der Waals surface area contributed by atoms with E-state index in [9.17, 15) is 0 Å². The quantitative estimate of drug-likeness (QED) is 0.861. The first kappa shape index (κ1) is 19.3. The molecular weight excluding hydrogens is 375 g/mol. The summed E-state index contributed by atoms with van der Waals surface area (Å²) in [7, 11) is 2.04. The number of nitrogens with one attached hydrogen (secondary N) is 1. The maximum Gasteiger partial charge on any atom is 0.179 e. The fourth-order valence-corrected chi connectivity index (χ4v) is 3.79. The number of hydrogen-bond donors (Lipinski definition) is 1. The van der Waals surface area contributed by atoms with Gasteiger partial charge in [-0.2, -0.15) is 0 Å². The van der Waals surface area contributed by atoms with Crippen molar-refractivity contribution in [1.82, 2.24) is 19.8 Å². The summed E-state index contributed by atoms with van der Waals surface area (Å²) in [5, 5.41) is 4.09. The average Bonchev–Trinajstić information content (AvgIpc) is 2.88. The molecule has 1 unspecified atom stereocenters. The number of halogens is 2. The second kappa shape index (κ2) is 8.48. The summed E-state index contributed by atoms with van der Waals surface area (Å²) in [5.41, 5.74) is 1.13. The van der Waals surface area contributed by atoms with Gasteiger partial charge >= 0.3 is 0 Å². The van der Waals surface area contributed by atoms with Gasteiger partial charge in [0, 0.05) is 52.0 Å². The van der Waals surface area contributed by atoms with Crippen molar-refractivity contribution >= 4 is 24.0 Å². The number of aromatic nitrogens is 2. The van der Waals surface area contributed by atoms with Gasteiger partial charge in [0.15, 0.2) is 11.5 Å². The Bertz CT molecular complexity index is 753. The van der Waals surface area contributed by atoms with E-state index in [4.69, 9.17) is 21.1 Å². The molecule has 0 radical (unpaired) electrons. The van der Waals surface area contributed by atoms with Crippen LogP contribution in [0.5, 0.6) is 11.5 Å². The summed E-state index contributed by atoms with van der Waals surface area (Å²) in [6, 6.07) is 4.29. The van der Waals surface area contributed by atoms with Crippen LogP contribution in [0.15, 0.2) is 24.5 Å². The molecule has 1 saturated heterocycles. The highest BCUT2D eigenvalue weighted by atomic mass is 35.5. The zero-order chi connectivity index (χ0) is 17.2. The predicted octanol–water partition coefficient (Wildman–Crippen LogP) is 2.80. The van der Waals surface area contributed by atoms with Crippen molar-refractivity contribution < 1.29 is 9.47 Å². The Morgan fingerprint density at radius 3 is 2.96 bits per heavy atom. The van der Waals surface area contributed by atoms with Gasteiger partial charge in [0.2, 0.25) is 0 Å². The SMILES string of the molecule is Cl.Cn1ccnc1C1CNCCN1Cc1cc(Cl)c2c(c1)OCCCO2. The normalized spacial score (nSPS) is 20.3. The third-order valence-corrected chi connectivity index (χ3v) is 5.04. The highest BCUT2D eigenvalue weighted by Gasteiger charge is 2.27. The van der Waals surface area contributed by atoms with Gasteiger partial charge in [-0.3, -0.25) is 4.90 Å². The first-order valence-corrected chi connectivity index (χ1v) is 9.10. The number of hydrogen-bond acceptors (Lipinski definition) is 5. The summed E-state index contributed by atoms with van der Waals surface area (Å²) in [5.74, 6) is 2.50. The van der Waals surface area contributed by atoms with E-state index in [1.807, 2.05) is 25.5 Å². The summed E-state index contributed by atoms with van der Waals surface area (Å²) >= 11 is 6.45. The molecule has 1 aromatic heterocycles. The van der Waals surface area contributed by atoms with Crippen LogP contribution in [-0.4, -0.2) is 47.3 Å². The largest absolute Gasteiger partial charge is 0.489 e. The van der Waals surface area contributed by atoms with Gasteiger partial charge in [0.05, 0.1) is 24.3 Å². The Balaban J connectivity index is 0.00000196. The molecule has 1 fully saturated rings. The van der Waals surface area contributed by atoms with Crippen molar-refractivity contribution in [2.75, 3.05) is 32.8 Å². The van der Waals surface area contributed by atoms with E-state index in [1.165, 1.54) is 0 Å². The van der Waals surface area contributed by atoms with E-state index >= 15 is 0 Å². The van der Waals surface area contributed by atoms with Crippen LogP contribution < -0.4 is 14.8 Å². The summed E-state index contributed by atoms with van der Waals surface area (Å²) in [6.07, 6.45) is 4.72. The van der Waals surface area contributed by atoms with Crippen molar-refractivity contribution in [2.24, 2.45) is 7.05 Å². The number of aryl methyl sites for hydroxylation is 1. The first-order chi connectivity index (χ1) is 12.2. The third-order valence-electron chi connectivity index (χ3n) is 4.76. The molecule has 8 heteroatoms. The molecule has 2 aliphatic heterocycles. The zero-order valence-electron chi connectivity index (χ0n) is 14.8. The highest BCUT2D eigenvalue weighted by Crippen LogP contribution is 2.38. The predicted molar refractivity (Wildman–Crippen MR) is 104 cm³/mol. The number of imidazole rings is 1. The second-order valence-corrected chi connectivity index (χ2v) is 6.95. The van der Waals surface area contributed by atoms with Crippen LogP contribution in [0.25, 0.3) is 0 Å². The van der Waals surface area contributed by atoms with E-state index < -0.39 is 0 Å². The molecule has 2 aliphatic rings. The monoisotopic (exact) mass is 398 g/mol. The molecule has 3 heterocycles. The maximum atomic E-state index is 6.45. The van der Waals surface area contributed by atoms with Gasteiger partial charge in [0.1, 0.15) is 5.82 Å². The van der Waals surface area contributed by atoms with Crippen LogP contribution in [0.1, 0.15) is 23.9 Å². The third kappa shape index (κ3) is 3.93. The maximum absolute atomic E-state index is 6.45. The van der Waals surface area contributed by atoms with E-state index in [0.717, 1.165) is 49.7 Å². The molecule has 142 valence electrons. The molecule has 0 saturated carbocycles. The van der Waals surface area contributed by atoms with E-state index in [2.05, 4.69) is 25.8 Å². The second-order valence-electron chi connectivity index (χ2n) is 6.54. The van der Waals surface area contributed by atoms with E-state index in [1.54, 1.807) is 0 Å². The van der Waals surface area contributed by atoms with Gasteiger partial charge < -0.3 is 19.4 Å². The molecule has 26 heavy (non-hydrogen) atoms. The van der Waals surface area contributed by atoms with E-state index in [-0.39, 0.29) is 18.4 Å². The minimum absolute atomic E-state index is 0. The van der Waals surface area contributed by atoms with Crippen molar-refractivity contribution in [3.8, 4) is 11.5 Å². The summed E-state index contributed by atoms with van der Waals surface area (Å²) in [6.45, 7) is 4.93. The molecule has 0 aliphatic carbocycles. The van der Waals surface area contributed by atoms with Gasteiger partial charge in [-0.15, -0.1) is 12.4 Å². The van der Waals surface area contributed by atoms with Crippen molar-refractivity contribution in [2.45, 2.75) is 19.0 Å². The number of nitrogens with zero attached hydrogens (tertiary/aromatic N) is 3. The molecule has 0 spiro atoms. The van der Waals surface area contributed by atoms with Gasteiger partial charge in [-0.25, -0.2) is 4.98 Å². The molecule has 4 rings (SSSR count). The molecule has 1 N–H and O–H groups in total. The van der Waals surface area contributed by atoms with Crippen LogP contribution in [0.3, 0.4) is 0 Å². The lowest BCUT2D eigenvalue weighted by Gasteiger charge is -2.35. The van der Waals surface area contributed by atoms with Crippen LogP contribution in [0, 0.1) is 0 Å². The van der Waals surface area contributed by atoms with Crippen LogP contribution in [0.2, 0.25) is 5.02 Å². The zero-order valence-corrected chi connectivity index (χ0v) is 16.4. The average molecular weight is 399 g/mol. The number of piperazine rings is 1. The topological polar surface area (TPSA) is 51.6 Å². The Hall–Kier alpha value is -1.47.